The molecule has 0 unspecified atom stereocenters. The number of esters is 2. The molecule has 286 valence electrons. The normalized spacial score (nSPS) is 21.0. The van der Waals surface area contributed by atoms with Crippen LogP contribution in [0.3, 0.4) is 0 Å². The molecule has 0 aromatic heterocycles. The smallest absolute Gasteiger partial charge is 0.311 e. The number of carbonyl (C=O) groups is 2. The Morgan fingerprint density at radius 2 is 0.821 bits per heavy atom. The van der Waals surface area contributed by atoms with Gasteiger partial charge in [0.2, 0.25) is 0 Å². The van der Waals surface area contributed by atoms with Crippen LogP contribution in [0, 0.1) is 0 Å². The molecule has 8 rings (SSSR count). The quantitative estimate of drug-likeness (QED) is 0.128. The fourth-order valence-electron chi connectivity index (χ4n) is 8.99. The van der Waals surface area contributed by atoms with E-state index in [1.165, 1.54) is 11.1 Å². The number of hydrogen-bond acceptors (Lipinski definition) is 6. The highest BCUT2D eigenvalue weighted by Crippen LogP contribution is 2.42. The van der Waals surface area contributed by atoms with E-state index in [1.54, 1.807) is 0 Å². The third-order valence-electron chi connectivity index (χ3n) is 12.2. The number of ether oxygens (including phenoxy) is 2. The molecule has 2 saturated carbocycles. The lowest BCUT2D eigenvalue weighted by Crippen LogP contribution is -2.26. The predicted octanol–water partition coefficient (Wildman–Crippen LogP) is 10.3. The maximum atomic E-state index is 14.1. The summed E-state index contributed by atoms with van der Waals surface area (Å²) >= 11 is 0. The van der Waals surface area contributed by atoms with Crippen LogP contribution >= 0.6 is 0 Å². The van der Waals surface area contributed by atoms with Crippen molar-refractivity contribution in [1.82, 2.24) is 0 Å². The molecule has 0 aliphatic heterocycles. The van der Waals surface area contributed by atoms with Gasteiger partial charge in [0.25, 0.3) is 0 Å². The monoisotopic (exact) mass is 744 g/mol. The summed E-state index contributed by atoms with van der Waals surface area (Å²) in [6, 6.07) is 45.4. The van der Waals surface area contributed by atoms with Crippen molar-refractivity contribution in [2.45, 2.75) is 100 Å². The first-order chi connectivity index (χ1) is 27.4. The summed E-state index contributed by atoms with van der Waals surface area (Å²) in [5.74, 6) is 0.216. The highest BCUT2D eigenvalue weighted by atomic mass is 16.6. The molecular formula is C50H52N2O4. The Morgan fingerprint density at radius 3 is 1.21 bits per heavy atom. The van der Waals surface area contributed by atoms with E-state index in [0.29, 0.717) is 23.9 Å². The zero-order chi connectivity index (χ0) is 38.4. The van der Waals surface area contributed by atoms with Crippen LogP contribution in [-0.4, -0.2) is 24.0 Å². The molecule has 2 aliphatic rings. The van der Waals surface area contributed by atoms with Crippen LogP contribution in [0.5, 0.6) is 0 Å². The molecule has 2 aliphatic carbocycles. The second-order valence-corrected chi connectivity index (χ2v) is 16.0. The second kappa shape index (κ2) is 17.2. The lowest BCUT2D eigenvalue weighted by atomic mass is 9.82. The van der Waals surface area contributed by atoms with Gasteiger partial charge < -0.3 is 20.9 Å². The van der Waals surface area contributed by atoms with Crippen molar-refractivity contribution < 1.29 is 19.1 Å². The van der Waals surface area contributed by atoms with Crippen molar-refractivity contribution in [3.63, 3.8) is 0 Å². The molecule has 0 bridgehead atoms. The minimum Gasteiger partial charge on any atom is -0.453 e. The van der Waals surface area contributed by atoms with Crippen LogP contribution in [0.2, 0.25) is 0 Å². The summed E-state index contributed by atoms with van der Waals surface area (Å²) < 4.78 is 13.2. The van der Waals surface area contributed by atoms with Crippen molar-refractivity contribution in [2.75, 3.05) is 0 Å². The van der Waals surface area contributed by atoms with Crippen LogP contribution in [-0.2, 0) is 31.9 Å². The van der Waals surface area contributed by atoms with Crippen molar-refractivity contribution in [2.24, 2.45) is 11.5 Å². The molecule has 0 spiro atoms. The molecule has 6 aromatic rings. The largest absolute Gasteiger partial charge is 0.453 e. The second-order valence-electron chi connectivity index (χ2n) is 16.0. The van der Waals surface area contributed by atoms with E-state index in [1.807, 2.05) is 109 Å². The molecule has 6 heteroatoms. The summed E-state index contributed by atoms with van der Waals surface area (Å²) in [7, 11) is 0. The molecule has 0 heterocycles. The number of fused-ring (bicyclic) bond motifs is 2. The average Bonchev–Trinajstić information content (AvgIpc) is 3.23. The fraction of sp³-hybridized carbons (Fsp3) is 0.320. The topological polar surface area (TPSA) is 105 Å². The van der Waals surface area contributed by atoms with Gasteiger partial charge in [0.1, 0.15) is 0 Å². The molecule has 2 atom stereocenters. The summed E-state index contributed by atoms with van der Waals surface area (Å²) in [4.78, 5) is 28.3. The summed E-state index contributed by atoms with van der Waals surface area (Å²) in [5, 5.41) is 3.89. The van der Waals surface area contributed by atoms with E-state index in [2.05, 4.69) is 24.3 Å². The Labute approximate surface area is 330 Å². The number of hydrogen-bond donors (Lipinski definition) is 2. The Balaban J connectivity index is 1.10. The minimum absolute atomic E-state index is 0.0899. The van der Waals surface area contributed by atoms with E-state index in [4.69, 9.17) is 20.9 Å². The first-order valence-electron chi connectivity index (χ1n) is 20.4. The van der Waals surface area contributed by atoms with Gasteiger partial charge in [-0.1, -0.05) is 133 Å². The van der Waals surface area contributed by atoms with Crippen molar-refractivity contribution >= 4 is 33.5 Å². The molecule has 0 radical (unpaired) electrons. The average molecular weight is 745 g/mol. The van der Waals surface area contributed by atoms with Crippen LogP contribution in [0.15, 0.2) is 133 Å². The minimum atomic E-state index is -0.922. The van der Waals surface area contributed by atoms with Gasteiger partial charge >= 0.3 is 11.9 Å². The maximum Gasteiger partial charge on any atom is 0.311 e. The number of rotatable bonds is 11. The highest BCUT2D eigenvalue weighted by Gasteiger charge is 2.34. The standard InChI is InChI=1S/C50H52N2O4/c51-41-27-23-37(24-28-41)35-19-15-33(16-20-35)31-47(53)55-49(45-13-5-9-39-7-1-3-11-43(39)45)50(46-14-6-10-40-8-2-4-12-44(40)46)56-48(54)32-34-17-21-36(22-18-34)38-25-29-42(52)30-26-38/h1-22,37-38,41-42,49-50H,23-32,51-52H2/t37?,38?,41?,42?,49-,50-/m1/s1. The van der Waals surface area contributed by atoms with Gasteiger partial charge in [-0.25, -0.2) is 0 Å². The SMILES string of the molecule is NC1CCC(c2ccc(CC(=O)O[C@H](c3cccc4ccccc34)[C@H](OC(=O)Cc3ccc(C4CCC(N)CC4)cc3)c3cccc4ccccc34)cc2)CC1. The number of nitrogens with two attached hydrogens (primary N) is 2. The lowest BCUT2D eigenvalue weighted by Gasteiger charge is -2.30. The van der Waals surface area contributed by atoms with Crippen LogP contribution in [0.25, 0.3) is 21.5 Å². The van der Waals surface area contributed by atoms with Crippen LogP contribution in [0.4, 0.5) is 0 Å². The number of benzene rings is 6. The summed E-state index contributed by atoms with van der Waals surface area (Å²) in [6.45, 7) is 0. The maximum absolute atomic E-state index is 14.1. The molecule has 4 N–H and O–H groups in total. The molecule has 56 heavy (non-hydrogen) atoms. The Morgan fingerprint density at radius 1 is 0.464 bits per heavy atom. The Hall–Kier alpha value is -5.30. The van der Waals surface area contributed by atoms with Crippen molar-refractivity contribution in [3.8, 4) is 0 Å². The fourth-order valence-corrected chi connectivity index (χ4v) is 8.99. The van der Waals surface area contributed by atoms with Crippen LogP contribution in [0.1, 0.15) is 109 Å². The van der Waals surface area contributed by atoms with Gasteiger partial charge in [-0.3, -0.25) is 9.59 Å². The van der Waals surface area contributed by atoms with Crippen molar-refractivity contribution in [3.05, 3.63) is 167 Å². The van der Waals surface area contributed by atoms with Crippen molar-refractivity contribution in [1.29, 1.82) is 0 Å². The van der Waals surface area contributed by atoms with Gasteiger partial charge in [-0.2, -0.15) is 0 Å². The Kier molecular flexibility index (Phi) is 11.6. The van der Waals surface area contributed by atoms with Gasteiger partial charge in [0.15, 0.2) is 12.2 Å². The first-order valence-corrected chi connectivity index (χ1v) is 20.4. The molecule has 0 saturated heterocycles. The molecule has 2 fully saturated rings. The van der Waals surface area contributed by atoms with E-state index in [0.717, 1.165) is 95.2 Å². The van der Waals surface area contributed by atoms with E-state index in [9.17, 15) is 9.59 Å². The zero-order valence-electron chi connectivity index (χ0n) is 32.0. The zero-order valence-corrected chi connectivity index (χ0v) is 32.0. The predicted molar refractivity (Wildman–Crippen MR) is 224 cm³/mol. The third-order valence-corrected chi connectivity index (χ3v) is 12.2. The molecule has 6 nitrogen and oxygen atoms in total. The van der Waals surface area contributed by atoms with Gasteiger partial charge in [0, 0.05) is 23.2 Å². The van der Waals surface area contributed by atoms with Gasteiger partial charge in [-0.05, 0) is 107 Å². The number of carbonyl (C=O) groups excluding carboxylic acids is 2. The first kappa shape index (κ1) is 37.6. The van der Waals surface area contributed by atoms with Gasteiger partial charge in [0.05, 0.1) is 12.8 Å². The van der Waals surface area contributed by atoms with E-state index < -0.39 is 12.2 Å². The van der Waals surface area contributed by atoms with Crippen LogP contribution < -0.4 is 11.5 Å². The van der Waals surface area contributed by atoms with E-state index >= 15 is 0 Å². The molecule has 0 amide bonds. The summed E-state index contributed by atoms with van der Waals surface area (Å²) in [6.07, 6.45) is 6.85. The molecular weight excluding hydrogens is 693 g/mol. The lowest BCUT2D eigenvalue weighted by molar-refractivity contribution is -0.168. The molecule has 6 aromatic carbocycles. The van der Waals surface area contributed by atoms with E-state index in [-0.39, 0.29) is 24.8 Å². The third kappa shape index (κ3) is 8.72. The highest BCUT2D eigenvalue weighted by molar-refractivity contribution is 5.89. The Bertz CT molecular complexity index is 2090. The summed E-state index contributed by atoms with van der Waals surface area (Å²) in [5.41, 5.74) is 18.2. The van der Waals surface area contributed by atoms with Gasteiger partial charge in [-0.15, -0.1) is 0 Å².